The van der Waals surface area contributed by atoms with E-state index < -0.39 is 0 Å². The van der Waals surface area contributed by atoms with E-state index in [0.717, 1.165) is 28.8 Å². The van der Waals surface area contributed by atoms with Crippen LogP contribution in [-0.2, 0) is 4.74 Å². The van der Waals surface area contributed by atoms with Crippen LogP contribution in [0.25, 0.3) is 21.3 Å². The first-order chi connectivity index (χ1) is 11.2. The number of aromatic nitrogens is 3. The molecule has 2 N–H and O–H groups in total. The Morgan fingerprint density at radius 3 is 3.00 bits per heavy atom. The lowest BCUT2D eigenvalue weighted by molar-refractivity contribution is 0.195. The number of rotatable bonds is 3. The summed E-state index contributed by atoms with van der Waals surface area (Å²) in [7, 11) is 0. The van der Waals surface area contributed by atoms with E-state index in [2.05, 4.69) is 20.5 Å². The molecule has 0 bridgehead atoms. The van der Waals surface area contributed by atoms with Crippen molar-refractivity contribution in [3.63, 3.8) is 0 Å². The Hall–Kier alpha value is -2.25. The van der Waals surface area contributed by atoms with Gasteiger partial charge in [-0.3, -0.25) is 0 Å². The molecule has 23 heavy (non-hydrogen) atoms. The zero-order valence-corrected chi connectivity index (χ0v) is 13.4. The summed E-state index contributed by atoms with van der Waals surface area (Å²) < 4.78 is 6.38. The Balaban J connectivity index is 1.68. The molecular weight excluding hydrogens is 312 g/mol. The van der Waals surface area contributed by atoms with Gasteiger partial charge in [0.15, 0.2) is 0 Å². The second-order valence-corrected chi connectivity index (χ2v) is 6.52. The minimum atomic E-state index is 0.229. The second kappa shape index (κ2) is 5.75. The number of hydrogen-bond acceptors (Lipinski definition) is 7. The summed E-state index contributed by atoms with van der Waals surface area (Å²) in [4.78, 5) is 4.47. The van der Waals surface area contributed by atoms with Crippen LogP contribution in [0.3, 0.4) is 0 Å². The van der Waals surface area contributed by atoms with E-state index in [4.69, 9.17) is 4.74 Å². The molecule has 3 aromatic rings. The molecule has 0 amide bonds. The normalized spacial score (nSPS) is 17.7. The highest BCUT2D eigenvalue weighted by molar-refractivity contribution is 7.17. The number of phenols is 1. The Morgan fingerprint density at radius 2 is 2.22 bits per heavy atom. The van der Waals surface area contributed by atoms with Crippen molar-refractivity contribution >= 4 is 27.4 Å². The highest BCUT2D eigenvalue weighted by atomic mass is 32.1. The first-order valence-corrected chi connectivity index (χ1v) is 8.35. The number of ether oxygens (including phenoxy) is 1. The highest BCUT2D eigenvalue weighted by Crippen LogP contribution is 2.37. The van der Waals surface area contributed by atoms with Crippen LogP contribution in [0.15, 0.2) is 23.6 Å². The van der Waals surface area contributed by atoms with Crippen LogP contribution in [0, 0.1) is 6.92 Å². The number of aryl methyl sites for hydroxylation is 1. The Labute approximate surface area is 137 Å². The van der Waals surface area contributed by atoms with E-state index in [1.165, 1.54) is 0 Å². The molecule has 0 aliphatic carbocycles. The zero-order valence-electron chi connectivity index (χ0n) is 12.6. The van der Waals surface area contributed by atoms with Gasteiger partial charge in [-0.15, -0.1) is 21.5 Å². The van der Waals surface area contributed by atoms with Crippen LogP contribution >= 0.6 is 11.3 Å². The van der Waals surface area contributed by atoms with Crippen molar-refractivity contribution in [2.24, 2.45) is 0 Å². The van der Waals surface area contributed by atoms with E-state index in [9.17, 15) is 5.11 Å². The molecule has 1 atom stereocenters. The fraction of sp³-hybridized carbons (Fsp3) is 0.312. The molecule has 1 aliphatic heterocycles. The van der Waals surface area contributed by atoms with Gasteiger partial charge in [-0.25, -0.2) is 4.98 Å². The van der Waals surface area contributed by atoms with Gasteiger partial charge in [0, 0.05) is 22.3 Å². The zero-order chi connectivity index (χ0) is 15.8. The summed E-state index contributed by atoms with van der Waals surface area (Å²) in [6.45, 7) is 3.30. The number of hydrogen-bond donors (Lipinski definition) is 2. The molecule has 2 aromatic heterocycles. The van der Waals surface area contributed by atoms with Crippen molar-refractivity contribution in [2.75, 3.05) is 18.5 Å². The molecule has 0 saturated carbocycles. The fourth-order valence-electron chi connectivity index (χ4n) is 2.76. The SMILES string of the molecule is Cc1nc(N[C@H]2CCOC2)nnc1-c1ccc2sccc2c1O. The summed E-state index contributed by atoms with van der Waals surface area (Å²) in [6, 6.07) is 5.99. The van der Waals surface area contributed by atoms with Gasteiger partial charge in [-0.05, 0) is 36.9 Å². The number of thiophene rings is 1. The number of nitrogens with zero attached hydrogens (tertiary/aromatic N) is 3. The topological polar surface area (TPSA) is 80.2 Å². The Kier molecular flexibility index (Phi) is 3.59. The predicted molar refractivity (Wildman–Crippen MR) is 89.9 cm³/mol. The number of fused-ring (bicyclic) bond motifs is 1. The highest BCUT2D eigenvalue weighted by Gasteiger charge is 2.18. The number of nitrogens with one attached hydrogen (secondary N) is 1. The predicted octanol–water partition coefficient (Wildman–Crippen LogP) is 2.97. The lowest BCUT2D eigenvalue weighted by Gasteiger charge is -2.12. The molecule has 4 rings (SSSR count). The third-order valence-electron chi connectivity index (χ3n) is 3.99. The average molecular weight is 328 g/mol. The van der Waals surface area contributed by atoms with Crippen molar-refractivity contribution in [3.05, 3.63) is 29.3 Å². The van der Waals surface area contributed by atoms with Crippen LogP contribution in [0.1, 0.15) is 12.1 Å². The fourth-order valence-corrected chi connectivity index (χ4v) is 3.55. The van der Waals surface area contributed by atoms with E-state index >= 15 is 0 Å². The van der Waals surface area contributed by atoms with Gasteiger partial charge in [-0.2, -0.15) is 0 Å². The largest absolute Gasteiger partial charge is 0.507 e. The third-order valence-corrected chi connectivity index (χ3v) is 4.87. The van der Waals surface area contributed by atoms with Crippen molar-refractivity contribution < 1.29 is 9.84 Å². The van der Waals surface area contributed by atoms with E-state index in [0.29, 0.717) is 23.8 Å². The van der Waals surface area contributed by atoms with Crippen molar-refractivity contribution in [2.45, 2.75) is 19.4 Å². The molecule has 3 heterocycles. The van der Waals surface area contributed by atoms with Crippen molar-refractivity contribution in [1.82, 2.24) is 15.2 Å². The molecule has 0 radical (unpaired) electrons. The molecule has 1 saturated heterocycles. The maximum absolute atomic E-state index is 10.5. The minimum Gasteiger partial charge on any atom is -0.507 e. The monoisotopic (exact) mass is 328 g/mol. The number of phenolic OH excluding ortho intramolecular Hbond substituents is 1. The number of benzene rings is 1. The smallest absolute Gasteiger partial charge is 0.243 e. The van der Waals surface area contributed by atoms with Gasteiger partial charge < -0.3 is 15.2 Å². The molecule has 1 aromatic carbocycles. The molecule has 1 aliphatic rings. The van der Waals surface area contributed by atoms with E-state index in [1.54, 1.807) is 11.3 Å². The van der Waals surface area contributed by atoms with E-state index in [1.807, 2.05) is 30.5 Å². The quantitative estimate of drug-likeness (QED) is 0.769. The van der Waals surface area contributed by atoms with Crippen LogP contribution in [0.4, 0.5) is 5.95 Å². The van der Waals surface area contributed by atoms with Crippen molar-refractivity contribution in [3.8, 4) is 17.0 Å². The van der Waals surface area contributed by atoms with Gasteiger partial charge >= 0.3 is 0 Å². The molecule has 118 valence electrons. The van der Waals surface area contributed by atoms with Gasteiger partial charge in [0.25, 0.3) is 0 Å². The maximum Gasteiger partial charge on any atom is 0.243 e. The number of anilines is 1. The maximum atomic E-state index is 10.5. The van der Waals surface area contributed by atoms with Crippen LogP contribution in [0.5, 0.6) is 5.75 Å². The molecule has 6 nitrogen and oxygen atoms in total. The Bertz CT molecular complexity index is 858. The molecule has 1 fully saturated rings. The third kappa shape index (κ3) is 2.62. The molecule has 7 heteroatoms. The van der Waals surface area contributed by atoms with E-state index in [-0.39, 0.29) is 11.8 Å². The summed E-state index contributed by atoms with van der Waals surface area (Å²) >= 11 is 1.60. The van der Waals surface area contributed by atoms with Crippen LogP contribution < -0.4 is 5.32 Å². The molecule has 0 unspecified atom stereocenters. The number of aromatic hydroxyl groups is 1. The standard InChI is InChI=1S/C16H16N4O2S/c1-9-14(12-2-3-13-11(15(12)21)5-7-23-13)19-20-16(17-9)18-10-4-6-22-8-10/h2-3,5,7,10,21H,4,6,8H2,1H3,(H,17,18,20)/t10-/m0/s1. The first-order valence-electron chi connectivity index (χ1n) is 7.47. The summed E-state index contributed by atoms with van der Waals surface area (Å²) in [6.07, 6.45) is 0.944. The van der Waals surface area contributed by atoms with Crippen molar-refractivity contribution in [1.29, 1.82) is 0 Å². The summed E-state index contributed by atoms with van der Waals surface area (Å²) in [5, 5.41) is 24.9. The second-order valence-electron chi connectivity index (χ2n) is 5.57. The van der Waals surface area contributed by atoms with Crippen LogP contribution in [0.2, 0.25) is 0 Å². The lowest BCUT2D eigenvalue weighted by Crippen LogP contribution is -2.21. The van der Waals surface area contributed by atoms with Gasteiger partial charge in [0.2, 0.25) is 5.95 Å². The Morgan fingerprint density at radius 1 is 1.30 bits per heavy atom. The lowest BCUT2D eigenvalue weighted by atomic mass is 10.1. The average Bonchev–Trinajstić information content (AvgIpc) is 3.20. The molecular formula is C16H16N4O2S. The van der Waals surface area contributed by atoms with Gasteiger partial charge in [0.05, 0.1) is 18.3 Å². The first kappa shape index (κ1) is 14.3. The van der Waals surface area contributed by atoms with Gasteiger partial charge in [-0.1, -0.05) is 0 Å². The summed E-state index contributed by atoms with van der Waals surface area (Å²) in [5.41, 5.74) is 1.99. The molecule has 0 spiro atoms. The van der Waals surface area contributed by atoms with Crippen LogP contribution in [-0.4, -0.2) is 39.5 Å². The van der Waals surface area contributed by atoms with Gasteiger partial charge in [0.1, 0.15) is 11.4 Å². The summed E-state index contributed by atoms with van der Waals surface area (Å²) in [5.74, 6) is 0.728. The minimum absolute atomic E-state index is 0.229.